The van der Waals surface area contributed by atoms with Crippen molar-refractivity contribution in [3.8, 4) is 5.75 Å². The molecule has 0 fully saturated rings. The summed E-state index contributed by atoms with van der Waals surface area (Å²) in [6.45, 7) is 2.51. The molecule has 2 rings (SSSR count). The lowest BCUT2D eigenvalue weighted by atomic mass is 10.2. The Kier molecular flexibility index (Phi) is 5.07. The maximum absolute atomic E-state index is 12.3. The quantitative estimate of drug-likeness (QED) is 0.855. The van der Waals surface area contributed by atoms with Crippen LogP contribution in [0.15, 0.2) is 59.5 Å². The van der Waals surface area contributed by atoms with Crippen LogP contribution in [0.1, 0.15) is 6.92 Å². The molecule has 0 saturated heterocycles. The Morgan fingerprint density at radius 2 is 1.90 bits per heavy atom. The van der Waals surface area contributed by atoms with E-state index in [4.69, 9.17) is 0 Å². The summed E-state index contributed by atoms with van der Waals surface area (Å²) in [7, 11) is 0. The molecule has 0 aliphatic rings. The van der Waals surface area contributed by atoms with Crippen LogP contribution in [-0.4, -0.2) is 23.3 Å². The predicted molar refractivity (Wildman–Crippen MR) is 83.3 cm³/mol. The van der Waals surface area contributed by atoms with E-state index < -0.39 is 0 Å². The molecule has 3 nitrogen and oxygen atoms in total. The van der Waals surface area contributed by atoms with Gasteiger partial charge in [-0.3, -0.25) is 4.79 Å². The Morgan fingerprint density at radius 1 is 1.15 bits per heavy atom. The lowest BCUT2D eigenvalue weighted by molar-refractivity contribution is -0.116. The number of nitrogens with zero attached hydrogens (tertiary/aromatic N) is 1. The molecule has 0 heterocycles. The highest BCUT2D eigenvalue weighted by Crippen LogP contribution is 2.22. The van der Waals surface area contributed by atoms with Gasteiger partial charge >= 0.3 is 0 Å². The minimum atomic E-state index is 0.0342. The first kappa shape index (κ1) is 14.5. The average Bonchev–Trinajstić information content (AvgIpc) is 2.47. The third-order valence-electron chi connectivity index (χ3n) is 2.86. The molecule has 0 atom stereocenters. The minimum absolute atomic E-state index is 0.0342. The van der Waals surface area contributed by atoms with E-state index in [0.29, 0.717) is 12.3 Å². The van der Waals surface area contributed by atoms with Crippen LogP contribution in [0.5, 0.6) is 5.75 Å². The third-order valence-corrected chi connectivity index (χ3v) is 3.86. The molecule has 2 aromatic carbocycles. The number of thioether (sulfide) groups is 1. The zero-order valence-corrected chi connectivity index (χ0v) is 12.1. The molecular weight excluding hydrogens is 270 g/mol. The standard InChI is InChI=1S/C16H17NO2S/c1-2-17(13-7-6-8-14(18)11-13)16(19)12-20-15-9-4-3-5-10-15/h3-11,18H,2,12H2,1H3. The van der Waals surface area contributed by atoms with Crippen molar-refractivity contribution < 1.29 is 9.90 Å². The topological polar surface area (TPSA) is 40.5 Å². The van der Waals surface area contributed by atoms with Crippen LogP contribution >= 0.6 is 11.8 Å². The fourth-order valence-corrected chi connectivity index (χ4v) is 2.70. The van der Waals surface area contributed by atoms with Gasteiger partial charge in [0.25, 0.3) is 0 Å². The molecule has 0 bridgehead atoms. The highest BCUT2D eigenvalue weighted by Gasteiger charge is 2.14. The molecule has 1 amide bonds. The number of carbonyl (C=O) groups excluding carboxylic acids is 1. The minimum Gasteiger partial charge on any atom is -0.508 e. The van der Waals surface area contributed by atoms with Gasteiger partial charge in [-0.05, 0) is 31.2 Å². The van der Waals surface area contributed by atoms with Crippen molar-refractivity contribution in [2.45, 2.75) is 11.8 Å². The lowest BCUT2D eigenvalue weighted by Crippen LogP contribution is -2.32. The monoisotopic (exact) mass is 287 g/mol. The molecule has 1 N–H and O–H groups in total. The van der Waals surface area contributed by atoms with Crippen molar-refractivity contribution in [3.05, 3.63) is 54.6 Å². The number of amides is 1. The molecule has 4 heteroatoms. The van der Waals surface area contributed by atoms with Crippen LogP contribution in [0.3, 0.4) is 0 Å². The van der Waals surface area contributed by atoms with Crippen LogP contribution in [0.2, 0.25) is 0 Å². The smallest absolute Gasteiger partial charge is 0.237 e. The summed E-state index contributed by atoms with van der Waals surface area (Å²) in [6, 6.07) is 16.6. The Labute approximate surface area is 123 Å². The molecule has 0 unspecified atom stereocenters. The molecule has 0 spiro atoms. The van der Waals surface area contributed by atoms with Gasteiger partial charge in [-0.15, -0.1) is 11.8 Å². The molecule has 0 aromatic heterocycles. The Hall–Kier alpha value is -1.94. The largest absolute Gasteiger partial charge is 0.508 e. The Morgan fingerprint density at radius 3 is 2.55 bits per heavy atom. The van der Waals surface area contributed by atoms with Crippen LogP contribution < -0.4 is 4.90 Å². The maximum Gasteiger partial charge on any atom is 0.237 e. The number of aromatic hydroxyl groups is 1. The summed E-state index contributed by atoms with van der Waals surface area (Å²) < 4.78 is 0. The molecule has 0 aliphatic carbocycles. The Balaban J connectivity index is 2.02. The lowest BCUT2D eigenvalue weighted by Gasteiger charge is -2.21. The van der Waals surface area contributed by atoms with Gasteiger partial charge < -0.3 is 10.0 Å². The number of hydrogen-bond acceptors (Lipinski definition) is 3. The summed E-state index contributed by atoms with van der Waals surface area (Å²) >= 11 is 1.52. The van der Waals surface area contributed by atoms with Crippen molar-refractivity contribution in [3.63, 3.8) is 0 Å². The summed E-state index contributed by atoms with van der Waals surface area (Å²) in [5, 5.41) is 9.50. The number of hydrogen-bond donors (Lipinski definition) is 1. The summed E-state index contributed by atoms with van der Waals surface area (Å²) in [5.41, 5.74) is 0.728. The van der Waals surface area contributed by atoms with Crippen LogP contribution in [0.25, 0.3) is 0 Å². The van der Waals surface area contributed by atoms with E-state index in [9.17, 15) is 9.90 Å². The van der Waals surface area contributed by atoms with Crippen LogP contribution in [0.4, 0.5) is 5.69 Å². The number of phenolic OH excluding ortho intramolecular Hbond substituents is 1. The summed E-state index contributed by atoms with van der Waals surface area (Å²) in [5.74, 6) is 0.587. The first-order chi connectivity index (χ1) is 9.70. The molecule has 20 heavy (non-hydrogen) atoms. The fourth-order valence-electron chi connectivity index (χ4n) is 1.90. The van der Waals surface area contributed by atoms with E-state index in [1.807, 2.05) is 43.3 Å². The van der Waals surface area contributed by atoms with E-state index in [1.165, 1.54) is 11.8 Å². The molecule has 2 aromatic rings. The van der Waals surface area contributed by atoms with Gasteiger partial charge in [0, 0.05) is 23.2 Å². The van der Waals surface area contributed by atoms with E-state index in [1.54, 1.807) is 23.1 Å². The Bertz CT molecular complexity index is 572. The molecule has 104 valence electrons. The van der Waals surface area contributed by atoms with E-state index in [2.05, 4.69) is 0 Å². The fraction of sp³-hybridized carbons (Fsp3) is 0.188. The summed E-state index contributed by atoms with van der Waals surface area (Å²) in [4.78, 5) is 15.0. The van der Waals surface area contributed by atoms with Crippen LogP contribution in [-0.2, 0) is 4.79 Å². The zero-order valence-electron chi connectivity index (χ0n) is 11.3. The number of anilines is 1. The highest BCUT2D eigenvalue weighted by molar-refractivity contribution is 8.00. The third kappa shape index (κ3) is 3.78. The first-order valence-electron chi connectivity index (χ1n) is 6.48. The van der Waals surface area contributed by atoms with Gasteiger partial charge in [-0.2, -0.15) is 0 Å². The summed E-state index contributed by atoms with van der Waals surface area (Å²) in [6.07, 6.45) is 0. The average molecular weight is 287 g/mol. The number of phenols is 1. The SMILES string of the molecule is CCN(C(=O)CSc1ccccc1)c1cccc(O)c1. The second kappa shape index (κ2) is 7.01. The number of benzene rings is 2. The van der Waals surface area contributed by atoms with Crippen molar-refractivity contribution in [1.29, 1.82) is 0 Å². The van der Waals surface area contributed by atoms with Gasteiger partial charge in [0.15, 0.2) is 0 Å². The van der Waals surface area contributed by atoms with Gasteiger partial charge in [0.05, 0.1) is 5.75 Å². The van der Waals surface area contributed by atoms with Gasteiger partial charge in [0.1, 0.15) is 5.75 Å². The van der Waals surface area contributed by atoms with Crippen molar-refractivity contribution in [1.82, 2.24) is 0 Å². The van der Waals surface area contributed by atoms with E-state index >= 15 is 0 Å². The van der Waals surface area contributed by atoms with Crippen molar-refractivity contribution in [2.24, 2.45) is 0 Å². The van der Waals surface area contributed by atoms with E-state index in [-0.39, 0.29) is 11.7 Å². The molecular formula is C16H17NO2S. The predicted octanol–water partition coefficient (Wildman–Crippen LogP) is 3.54. The molecule has 0 radical (unpaired) electrons. The second-order valence-corrected chi connectivity index (χ2v) is 5.31. The molecule has 0 saturated carbocycles. The van der Waals surface area contributed by atoms with Gasteiger partial charge in [-0.25, -0.2) is 0 Å². The van der Waals surface area contributed by atoms with Gasteiger partial charge in [-0.1, -0.05) is 24.3 Å². The zero-order chi connectivity index (χ0) is 14.4. The molecule has 0 aliphatic heterocycles. The van der Waals surface area contributed by atoms with E-state index in [0.717, 1.165) is 10.6 Å². The second-order valence-electron chi connectivity index (χ2n) is 4.26. The number of carbonyl (C=O) groups is 1. The first-order valence-corrected chi connectivity index (χ1v) is 7.46. The highest BCUT2D eigenvalue weighted by atomic mass is 32.2. The van der Waals surface area contributed by atoms with Crippen molar-refractivity contribution >= 4 is 23.4 Å². The maximum atomic E-state index is 12.3. The number of rotatable bonds is 5. The van der Waals surface area contributed by atoms with Crippen molar-refractivity contribution in [2.75, 3.05) is 17.2 Å². The van der Waals surface area contributed by atoms with Gasteiger partial charge in [0.2, 0.25) is 5.91 Å². The van der Waals surface area contributed by atoms with Crippen LogP contribution in [0, 0.1) is 0 Å². The normalized spacial score (nSPS) is 10.2.